The van der Waals surface area contributed by atoms with Gasteiger partial charge in [0.05, 0.1) is 23.2 Å². The van der Waals surface area contributed by atoms with Crippen LogP contribution in [0, 0.1) is 36.0 Å². The fourth-order valence-electron chi connectivity index (χ4n) is 5.93. The largest absolute Gasteiger partial charge is 0.488 e. The Bertz CT molecular complexity index is 1460. The molecule has 2 aromatic carbocycles. The molecule has 2 atom stereocenters. The summed E-state index contributed by atoms with van der Waals surface area (Å²) in [5.74, 6) is 0.231. The van der Waals surface area contributed by atoms with Gasteiger partial charge in [-0.1, -0.05) is 6.07 Å². The molecule has 1 N–H and O–H groups in total. The molecule has 1 amide bonds. The first-order valence-corrected chi connectivity index (χ1v) is 14.3. The van der Waals surface area contributed by atoms with E-state index in [0.717, 1.165) is 53.4 Å². The third-order valence-electron chi connectivity index (χ3n) is 8.24. The van der Waals surface area contributed by atoms with Crippen molar-refractivity contribution in [2.75, 3.05) is 31.1 Å². The maximum atomic E-state index is 12.9. The van der Waals surface area contributed by atoms with E-state index < -0.39 is 5.97 Å². The number of nitriles is 1. The number of benzene rings is 2. The number of rotatable bonds is 7. The lowest BCUT2D eigenvalue weighted by molar-refractivity contribution is -0.139. The van der Waals surface area contributed by atoms with Crippen molar-refractivity contribution in [2.45, 2.75) is 32.8 Å². The lowest BCUT2D eigenvalue weighted by Gasteiger charge is -2.27. The monoisotopic (exact) mass is 542 g/mol. The molecule has 0 spiro atoms. The number of amides is 1. The number of carbonyl (C=O) groups is 2. The van der Waals surface area contributed by atoms with E-state index in [2.05, 4.69) is 11.0 Å². The fraction of sp³-hybridized carbons (Fsp3) is 0.400. The van der Waals surface area contributed by atoms with E-state index >= 15 is 0 Å². The minimum atomic E-state index is -0.696. The van der Waals surface area contributed by atoms with Crippen LogP contribution in [0.5, 0.6) is 5.75 Å². The van der Waals surface area contributed by atoms with Crippen LogP contribution < -0.4 is 9.64 Å². The van der Waals surface area contributed by atoms with Crippen molar-refractivity contribution in [3.63, 3.8) is 0 Å². The molecule has 3 heterocycles. The van der Waals surface area contributed by atoms with Gasteiger partial charge in [0.2, 0.25) is 0 Å². The summed E-state index contributed by atoms with van der Waals surface area (Å²) in [5, 5.41) is 21.6. The number of nitrogens with zero attached hydrogens (tertiary/aromatic N) is 4. The smallest absolute Gasteiger partial charge is 0.307 e. The SMILES string of the molecule is Cc1cc(C(=O)N2CCCCC2)ccc1COc1ccc(C#N)cc1-c1csc(N2CC3C(C2)C3C(=O)O)n1. The quantitative estimate of drug-likeness (QED) is 0.450. The summed E-state index contributed by atoms with van der Waals surface area (Å²) in [6.07, 6.45) is 3.31. The summed E-state index contributed by atoms with van der Waals surface area (Å²) in [6, 6.07) is 13.3. The van der Waals surface area contributed by atoms with E-state index in [9.17, 15) is 20.0 Å². The van der Waals surface area contributed by atoms with Crippen LogP contribution in [0.1, 0.15) is 46.3 Å². The van der Waals surface area contributed by atoms with Gasteiger partial charge in [0.15, 0.2) is 5.13 Å². The normalized spacial score (nSPS) is 21.8. The van der Waals surface area contributed by atoms with Crippen LogP contribution in [0.2, 0.25) is 0 Å². The van der Waals surface area contributed by atoms with E-state index in [1.165, 1.54) is 17.8 Å². The van der Waals surface area contributed by atoms with E-state index in [0.29, 0.717) is 36.6 Å². The highest BCUT2D eigenvalue weighted by atomic mass is 32.1. The van der Waals surface area contributed by atoms with Gasteiger partial charge in [0, 0.05) is 42.7 Å². The number of carbonyl (C=O) groups excluding carboxylic acids is 1. The lowest BCUT2D eigenvalue weighted by Crippen LogP contribution is -2.35. The number of anilines is 1. The van der Waals surface area contributed by atoms with Gasteiger partial charge in [-0.15, -0.1) is 11.3 Å². The number of likely N-dealkylation sites (tertiary alicyclic amines) is 1. The van der Waals surface area contributed by atoms with Crippen molar-refractivity contribution in [2.24, 2.45) is 17.8 Å². The number of ether oxygens (including phenoxy) is 1. The highest BCUT2D eigenvalue weighted by molar-refractivity contribution is 7.14. The second-order valence-electron chi connectivity index (χ2n) is 10.7. The van der Waals surface area contributed by atoms with Gasteiger partial charge >= 0.3 is 5.97 Å². The molecule has 0 radical (unpaired) electrons. The Kier molecular flexibility index (Phi) is 6.73. The Labute approximate surface area is 231 Å². The van der Waals surface area contributed by atoms with E-state index in [1.54, 1.807) is 18.2 Å². The molecule has 1 saturated carbocycles. The number of carboxylic acid groups (broad SMARTS) is 1. The van der Waals surface area contributed by atoms with Crippen molar-refractivity contribution in [3.05, 3.63) is 64.0 Å². The molecule has 1 aromatic heterocycles. The first-order valence-electron chi connectivity index (χ1n) is 13.4. The standard InChI is InChI=1S/C30H30N4O4S/c1-18-11-20(28(35)33-9-3-2-4-10-33)6-7-21(18)16-38-26-8-5-19(13-31)12-22(26)25-17-39-30(32-25)34-14-23-24(15-34)27(23)29(36)37/h5-8,11-12,17,23-24,27H,2-4,9-10,14-16H2,1H3,(H,36,37). The third-order valence-corrected chi connectivity index (χ3v) is 9.14. The van der Waals surface area contributed by atoms with Crippen LogP contribution >= 0.6 is 11.3 Å². The molecule has 0 bridgehead atoms. The lowest BCUT2D eigenvalue weighted by atomic mass is 10.0. The molecule has 3 fully saturated rings. The van der Waals surface area contributed by atoms with Crippen LogP contribution in [-0.4, -0.2) is 53.0 Å². The molecule has 2 aliphatic heterocycles. The van der Waals surface area contributed by atoms with Crippen molar-refractivity contribution >= 4 is 28.3 Å². The molecule has 39 heavy (non-hydrogen) atoms. The van der Waals surface area contributed by atoms with Gasteiger partial charge in [-0.3, -0.25) is 9.59 Å². The minimum Gasteiger partial charge on any atom is -0.488 e. The number of hydrogen-bond donors (Lipinski definition) is 1. The second-order valence-corrected chi connectivity index (χ2v) is 11.6. The molecule has 9 heteroatoms. The Balaban J connectivity index is 1.17. The summed E-state index contributed by atoms with van der Waals surface area (Å²) in [5.41, 5.74) is 4.70. The maximum absolute atomic E-state index is 12.9. The van der Waals surface area contributed by atoms with Crippen LogP contribution in [0.4, 0.5) is 5.13 Å². The number of aliphatic carboxylic acids is 1. The zero-order valence-corrected chi connectivity index (χ0v) is 22.6. The molecule has 2 saturated heterocycles. The Morgan fingerprint density at radius 1 is 1.13 bits per heavy atom. The number of fused-ring (bicyclic) bond motifs is 1. The molecule has 200 valence electrons. The van der Waals surface area contributed by atoms with Gasteiger partial charge in [0.1, 0.15) is 12.4 Å². The van der Waals surface area contributed by atoms with Crippen molar-refractivity contribution < 1.29 is 19.4 Å². The molecule has 2 unspecified atom stereocenters. The summed E-state index contributed by atoms with van der Waals surface area (Å²) >= 11 is 1.52. The first-order chi connectivity index (χ1) is 18.9. The summed E-state index contributed by atoms with van der Waals surface area (Å²) < 4.78 is 6.25. The number of carboxylic acids is 1. The van der Waals surface area contributed by atoms with Crippen molar-refractivity contribution in [1.82, 2.24) is 9.88 Å². The second kappa shape index (κ2) is 10.3. The average molecular weight is 543 g/mol. The molecular formula is C30H30N4O4S. The van der Waals surface area contributed by atoms with Crippen LogP contribution in [0.25, 0.3) is 11.3 Å². The summed E-state index contributed by atoms with van der Waals surface area (Å²) in [4.78, 5) is 33.2. The number of aromatic nitrogens is 1. The van der Waals surface area contributed by atoms with Crippen LogP contribution in [0.3, 0.4) is 0 Å². The average Bonchev–Trinajstić information content (AvgIpc) is 3.27. The summed E-state index contributed by atoms with van der Waals surface area (Å²) in [7, 11) is 0. The number of thiazole rings is 1. The number of piperidine rings is 2. The van der Waals surface area contributed by atoms with Gasteiger partial charge in [-0.25, -0.2) is 4.98 Å². The van der Waals surface area contributed by atoms with Gasteiger partial charge < -0.3 is 19.6 Å². The zero-order chi connectivity index (χ0) is 27.1. The van der Waals surface area contributed by atoms with Crippen molar-refractivity contribution in [1.29, 1.82) is 5.26 Å². The highest BCUT2D eigenvalue weighted by Crippen LogP contribution is 2.53. The van der Waals surface area contributed by atoms with Gasteiger partial charge in [-0.2, -0.15) is 5.26 Å². The van der Waals surface area contributed by atoms with E-state index in [4.69, 9.17) is 9.72 Å². The predicted molar refractivity (Wildman–Crippen MR) is 148 cm³/mol. The van der Waals surface area contributed by atoms with Crippen LogP contribution in [-0.2, 0) is 11.4 Å². The van der Waals surface area contributed by atoms with Gasteiger partial charge in [0.25, 0.3) is 5.91 Å². The van der Waals surface area contributed by atoms with Crippen LogP contribution in [0.15, 0.2) is 41.8 Å². The molecule has 8 nitrogen and oxygen atoms in total. The minimum absolute atomic E-state index is 0.0905. The van der Waals surface area contributed by atoms with E-state index in [1.807, 2.05) is 35.4 Å². The maximum Gasteiger partial charge on any atom is 0.307 e. The van der Waals surface area contributed by atoms with Gasteiger partial charge in [-0.05, 0) is 79.5 Å². The summed E-state index contributed by atoms with van der Waals surface area (Å²) in [6.45, 7) is 5.39. The molecule has 1 aliphatic carbocycles. The molecule has 3 aromatic rings. The van der Waals surface area contributed by atoms with E-state index in [-0.39, 0.29) is 23.7 Å². The molecule has 6 rings (SSSR count). The van der Waals surface area contributed by atoms with Crippen molar-refractivity contribution in [3.8, 4) is 23.1 Å². The number of hydrogen-bond acceptors (Lipinski definition) is 7. The highest BCUT2D eigenvalue weighted by Gasteiger charge is 2.60. The number of aryl methyl sites for hydroxylation is 1. The third kappa shape index (κ3) is 4.97. The molecule has 3 aliphatic rings. The topological polar surface area (TPSA) is 107 Å². The first kappa shape index (κ1) is 25.4. The fourth-order valence-corrected chi connectivity index (χ4v) is 6.78. The Morgan fingerprint density at radius 3 is 2.59 bits per heavy atom. The molecular weight excluding hydrogens is 512 g/mol. The predicted octanol–water partition coefficient (Wildman–Crippen LogP) is 4.96. The zero-order valence-electron chi connectivity index (χ0n) is 21.8. The Morgan fingerprint density at radius 2 is 1.90 bits per heavy atom. The Hall–Kier alpha value is -3.90.